The first-order chi connectivity index (χ1) is 9.45. The molecule has 3 aliphatic rings. The van der Waals surface area contributed by atoms with E-state index in [2.05, 4.69) is 19.2 Å². The second kappa shape index (κ2) is 4.99. The standard InChI is InChI=1S/C16H27NO3/c1-9-5-6-12-10(2)14(18)17-15-13(12)11(9)7-8-16(3,19-4)20-15/h9-13,15H,5-8H2,1-4H3,(H,17,18)/t9-,10-,11+,12?,13?,15-,16-/m1/s1. The Morgan fingerprint density at radius 3 is 2.70 bits per heavy atom. The lowest BCUT2D eigenvalue weighted by Crippen LogP contribution is -2.59. The van der Waals surface area contributed by atoms with Crippen molar-refractivity contribution in [2.45, 2.75) is 58.5 Å². The first-order valence-electron chi connectivity index (χ1n) is 7.98. The van der Waals surface area contributed by atoms with E-state index in [9.17, 15) is 4.79 Å². The fourth-order valence-corrected chi connectivity index (χ4v) is 4.64. The Bertz CT molecular complexity index is 399. The highest BCUT2D eigenvalue weighted by Crippen LogP contribution is 2.50. The number of hydrogen-bond donors (Lipinski definition) is 1. The van der Waals surface area contributed by atoms with Gasteiger partial charge in [0.1, 0.15) is 6.23 Å². The summed E-state index contributed by atoms with van der Waals surface area (Å²) in [5.41, 5.74) is 0. The molecule has 1 saturated carbocycles. The SMILES string of the molecule is CO[C@@]1(C)CC[C@@H]2C3C(CC[C@H]2C)[C@@H](C)C(=O)N[C@@H]3O1. The third kappa shape index (κ3) is 2.17. The van der Waals surface area contributed by atoms with Crippen molar-refractivity contribution in [3.63, 3.8) is 0 Å². The molecule has 4 heteroatoms. The molecule has 0 aromatic rings. The molecule has 114 valence electrons. The number of carbonyl (C=O) groups is 1. The maximum Gasteiger partial charge on any atom is 0.225 e. The van der Waals surface area contributed by atoms with Gasteiger partial charge in [0, 0.05) is 25.4 Å². The lowest BCUT2D eigenvalue weighted by molar-refractivity contribution is -0.254. The van der Waals surface area contributed by atoms with Crippen molar-refractivity contribution < 1.29 is 14.3 Å². The van der Waals surface area contributed by atoms with E-state index in [-0.39, 0.29) is 18.1 Å². The van der Waals surface area contributed by atoms with Gasteiger partial charge in [-0.2, -0.15) is 0 Å². The number of piperidine rings is 1. The van der Waals surface area contributed by atoms with Gasteiger partial charge in [0.25, 0.3) is 0 Å². The highest BCUT2D eigenvalue weighted by Gasteiger charge is 2.53. The lowest BCUT2D eigenvalue weighted by atomic mass is 9.60. The van der Waals surface area contributed by atoms with Crippen LogP contribution in [-0.2, 0) is 14.3 Å². The van der Waals surface area contributed by atoms with Gasteiger partial charge in [0.2, 0.25) is 5.91 Å². The van der Waals surface area contributed by atoms with Crippen molar-refractivity contribution in [3.8, 4) is 0 Å². The van der Waals surface area contributed by atoms with Crippen LogP contribution < -0.4 is 5.32 Å². The third-order valence-electron chi connectivity index (χ3n) is 6.10. The summed E-state index contributed by atoms with van der Waals surface area (Å²) in [6, 6.07) is 0. The van der Waals surface area contributed by atoms with Crippen LogP contribution in [0.2, 0.25) is 0 Å². The maximum absolute atomic E-state index is 12.2. The van der Waals surface area contributed by atoms with Crippen LogP contribution in [0.25, 0.3) is 0 Å². The molecule has 20 heavy (non-hydrogen) atoms. The lowest BCUT2D eigenvalue weighted by Gasteiger charge is -2.49. The Hall–Kier alpha value is -0.610. The minimum atomic E-state index is -0.569. The van der Waals surface area contributed by atoms with E-state index in [4.69, 9.17) is 9.47 Å². The summed E-state index contributed by atoms with van der Waals surface area (Å²) in [4.78, 5) is 12.2. The third-order valence-corrected chi connectivity index (χ3v) is 6.10. The quantitative estimate of drug-likeness (QED) is 0.803. The molecule has 2 aliphatic heterocycles. The number of amides is 1. The summed E-state index contributed by atoms with van der Waals surface area (Å²) in [5, 5.41) is 3.11. The highest BCUT2D eigenvalue weighted by atomic mass is 16.7. The van der Waals surface area contributed by atoms with Gasteiger partial charge in [-0.3, -0.25) is 4.79 Å². The van der Waals surface area contributed by atoms with Crippen molar-refractivity contribution in [1.82, 2.24) is 5.32 Å². The van der Waals surface area contributed by atoms with Crippen molar-refractivity contribution in [3.05, 3.63) is 0 Å². The average Bonchev–Trinajstić information content (AvgIpc) is 2.57. The Morgan fingerprint density at radius 1 is 1.25 bits per heavy atom. The molecule has 0 aromatic carbocycles. The fraction of sp³-hybridized carbons (Fsp3) is 0.938. The van der Waals surface area contributed by atoms with E-state index >= 15 is 0 Å². The molecule has 2 heterocycles. The predicted octanol–water partition coefficient (Wildman–Crippen LogP) is 2.53. The average molecular weight is 281 g/mol. The molecule has 4 nitrogen and oxygen atoms in total. The van der Waals surface area contributed by atoms with Gasteiger partial charge in [-0.25, -0.2) is 0 Å². The molecule has 0 spiro atoms. The zero-order chi connectivity index (χ0) is 14.5. The van der Waals surface area contributed by atoms with Crippen LogP contribution in [0.3, 0.4) is 0 Å². The summed E-state index contributed by atoms with van der Waals surface area (Å²) in [5.74, 6) is 1.95. The summed E-state index contributed by atoms with van der Waals surface area (Å²) >= 11 is 0. The van der Waals surface area contributed by atoms with Gasteiger partial charge in [-0.15, -0.1) is 0 Å². The van der Waals surface area contributed by atoms with Crippen molar-refractivity contribution in [2.75, 3.05) is 7.11 Å². The normalized spacial score (nSPS) is 51.9. The molecule has 0 bridgehead atoms. The van der Waals surface area contributed by atoms with E-state index in [0.717, 1.165) is 19.3 Å². The van der Waals surface area contributed by atoms with Gasteiger partial charge in [0.05, 0.1) is 0 Å². The van der Waals surface area contributed by atoms with E-state index in [1.807, 2.05) is 6.92 Å². The molecular formula is C16H27NO3. The number of rotatable bonds is 1. The molecular weight excluding hydrogens is 254 g/mol. The van der Waals surface area contributed by atoms with Crippen LogP contribution in [0.4, 0.5) is 0 Å². The van der Waals surface area contributed by atoms with Crippen LogP contribution in [0.1, 0.15) is 46.5 Å². The predicted molar refractivity (Wildman–Crippen MR) is 75.7 cm³/mol. The molecule has 2 unspecified atom stereocenters. The number of ether oxygens (including phenoxy) is 2. The molecule has 3 rings (SSSR count). The van der Waals surface area contributed by atoms with Crippen LogP contribution in [-0.4, -0.2) is 25.0 Å². The second-order valence-corrected chi connectivity index (χ2v) is 7.17. The summed E-state index contributed by atoms with van der Waals surface area (Å²) in [6.45, 7) is 6.42. The van der Waals surface area contributed by atoms with Crippen LogP contribution >= 0.6 is 0 Å². The highest BCUT2D eigenvalue weighted by molar-refractivity contribution is 5.79. The van der Waals surface area contributed by atoms with Gasteiger partial charge in [-0.1, -0.05) is 20.3 Å². The van der Waals surface area contributed by atoms with E-state index < -0.39 is 5.79 Å². The molecule has 1 amide bonds. The molecule has 0 aromatic heterocycles. The number of nitrogens with one attached hydrogen (secondary N) is 1. The van der Waals surface area contributed by atoms with Crippen molar-refractivity contribution in [1.29, 1.82) is 0 Å². The molecule has 0 radical (unpaired) electrons. The van der Waals surface area contributed by atoms with Crippen LogP contribution in [0.15, 0.2) is 0 Å². The van der Waals surface area contributed by atoms with Crippen molar-refractivity contribution >= 4 is 5.91 Å². The fourth-order valence-electron chi connectivity index (χ4n) is 4.64. The van der Waals surface area contributed by atoms with Gasteiger partial charge >= 0.3 is 0 Å². The Kier molecular flexibility index (Phi) is 3.57. The van der Waals surface area contributed by atoms with Crippen LogP contribution in [0.5, 0.6) is 0 Å². The zero-order valence-electron chi connectivity index (χ0n) is 13.0. The monoisotopic (exact) mass is 281 g/mol. The van der Waals surface area contributed by atoms with Gasteiger partial charge < -0.3 is 14.8 Å². The van der Waals surface area contributed by atoms with E-state index in [1.54, 1.807) is 7.11 Å². The molecule has 2 saturated heterocycles. The topological polar surface area (TPSA) is 47.6 Å². The number of hydrogen-bond acceptors (Lipinski definition) is 3. The van der Waals surface area contributed by atoms with E-state index in [1.165, 1.54) is 6.42 Å². The minimum absolute atomic E-state index is 0.113. The zero-order valence-corrected chi connectivity index (χ0v) is 13.0. The van der Waals surface area contributed by atoms with Crippen LogP contribution in [0, 0.1) is 29.6 Å². The Morgan fingerprint density at radius 2 is 2.00 bits per heavy atom. The minimum Gasteiger partial charge on any atom is -0.353 e. The molecule has 1 N–H and O–H groups in total. The smallest absolute Gasteiger partial charge is 0.225 e. The maximum atomic E-state index is 12.2. The molecule has 7 atom stereocenters. The largest absolute Gasteiger partial charge is 0.353 e. The van der Waals surface area contributed by atoms with Gasteiger partial charge in [0.15, 0.2) is 5.79 Å². The second-order valence-electron chi connectivity index (χ2n) is 7.17. The van der Waals surface area contributed by atoms with E-state index in [0.29, 0.717) is 23.7 Å². The molecule has 3 fully saturated rings. The summed E-state index contributed by atoms with van der Waals surface area (Å²) in [6.07, 6.45) is 4.25. The summed E-state index contributed by atoms with van der Waals surface area (Å²) in [7, 11) is 1.70. The first-order valence-corrected chi connectivity index (χ1v) is 7.98. The van der Waals surface area contributed by atoms with Crippen molar-refractivity contribution in [2.24, 2.45) is 29.6 Å². The first kappa shape index (κ1) is 14.3. The Balaban J connectivity index is 1.94. The number of carbonyl (C=O) groups excluding carboxylic acids is 1. The molecule has 1 aliphatic carbocycles. The Labute approximate surface area is 121 Å². The number of methoxy groups -OCH3 is 1. The summed E-state index contributed by atoms with van der Waals surface area (Å²) < 4.78 is 11.8. The van der Waals surface area contributed by atoms with Gasteiger partial charge in [-0.05, 0) is 37.5 Å².